The van der Waals surface area contributed by atoms with Gasteiger partial charge in [-0.3, -0.25) is 9.48 Å². The molecular weight excluding hydrogens is 333 g/mol. The first-order valence-electron chi connectivity index (χ1n) is 9.07. The molecule has 0 radical (unpaired) electrons. The number of hydrogen-bond donors (Lipinski definition) is 1. The van der Waals surface area contributed by atoms with Gasteiger partial charge in [-0.2, -0.15) is 5.10 Å². The Labute approximate surface area is 154 Å². The molecule has 0 fully saturated rings. The number of halogens is 1. The monoisotopic (exact) mass is 361 g/mol. The minimum absolute atomic E-state index is 0.0967. The second-order valence-electron chi connectivity index (χ2n) is 6.94. The van der Waals surface area contributed by atoms with Crippen molar-refractivity contribution >= 4 is 5.91 Å². The number of ether oxygens (including phenoxy) is 1. The summed E-state index contributed by atoms with van der Waals surface area (Å²) < 4.78 is 21.6. The Kier molecular flexibility index (Phi) is 7.18. The minimum atomic E-state index is -0.419. The Morgan fingerprint density at radius 3 is 2.77 bits per heavy atom. The number of nitrogens with zero attached hydrogens (tertiary/aromatic N) is 2. The molecular formula is C20H28FN3O2. The van der Waals surface area contributed by atoms with Crippen LogP contribution >= 0.6 is 0 Å². The molecule has 0 atom stereocenters. The van der Waals surface area contributed by atoms with Gasteiger partial charge in [0.05, 0.1) is 12.3 Å². The van der Waals surface area contributed by atoms with Crippen LogP contribution in [0.15, 0.2) is 24.3 Å². The van der Waals surface area contributed by atoms with E-state index in [1.54, 1.807) is 31.3 Å². The quantitative estimate of drug-likeness (QED) is 0.687. The maximum Gasteiger partial charge on any atom is 0.269 e. The van der Waals surface area contributed by atoms with Crippen LogP contribution < -0.4 is 10.1 Å². The van der Waals surface area contributed by atoms with Gasteiger partial charge in [0.2, 0.25) is 0 Å². The zero-order chi connectivity index (χ0) is 19.1. The second kappa shape index (κ2) is 9.36. The number of unbranched alkanes of at least 4 members (excludes halogenated alkanes) is 1. The fourth-order valence-electron chi connectivity index (χ4n) is 2.73. The highest BCUT2D eigenvalue weighted by atomic mass is 19.1. The normalized spacial score (nSPS) is 11.0. The van der Waals surface area contributed by atoms with Crippen molar-refractivity contribution in [3.05, 3.63) is 47.0 Å². The summed E-state index contributed by atoms with van der Waals surface area (Å²) >= 11 is 0. The average molecular weight is 361 g/mol. The molecule has 1 N–H and O–H groups in total. The van der Waals surface area contributed by atoms with E-state index in [2.05, 4.69) is 24.3 Å². The first kappa shape index (κ1) is 19.9. The average Bonchev–Trinajstić information content (AvgIpc) is 2.92. The minimum Gasteiger partial charge on any atom is -0.491 e. The lowest BCUT2D eigenvalue weighted by Gasteiger charge is -2.11. The van der Waals surface area contributed by atoms with Crippen LogP contribution in [-0.2, 0) is 13.6 Å². The van der Waals surface area contributed by atoms with Crippen molar-refractivity contribution in [1.29, 1.82) is 0 Å². The van der Waals surface area contributed by atoms with Gasteiger partial charge in [-0.05, 0) is 37.8 Å². The summed E-state index contributed by atoms with van der Waals surface area (Å²) in [5, 5.41) is 6.87. The molecule has 142 valence electrons. The summed E-state index contributed by atoms with van der Waals surface area (Å²) in [5.41, 5.74) is 1.61. The fourth-order valence-corrected chi connectivity index (χ4v) is 2.73. The van der Waals surface area contributed by atoms with E-state index < -0.39 is 5.82 Å². The Morgan fingerprint density at radius 1 is 1.35 bits per heavy atom. The molecule has 0 aliphatic rings. The largest absolute Gasteiger partial charge is 0.491 e. The van der Waals surface area contributed by atoms with E-state index in [0.717, 1.165) is 25.0 Å². The van der Waals surface area contributed by atoms with Crippen molar-refractivity contribution in [3.63, 3.8) is 0 Å². The van der Waals surface area contributed by atoms with E-state index in [-0.39, 0.29) is 18.2 Å². The van der Waals surface area contributed by atoms with Gasteiger partial charge in [0.15, 0.2) is 11.6 Å². The standard InChI is InChI=1S/C20H28FN3O2/c1-14(2)8-5-6-11-26-18-10-7-9-16(19(18)21)13-22-20(25)17-12-15(3)23-24(17)4/h7,9-10,12,14H,5-6,8,11,13H2,1-4H3,(H,22,25). The lowest BCUT2D eigenvalue weighted by atomic mass is 10.1. The third-order valence-electron chi connectivity index (χ3n) is 4.15. The molecule has 1 aromatic heterocycles. The van der Waals surface area contributed by atoms with Gasteiger partial charge in [0, 0.05) is 19.2 Å². The second-order valence-corrected chi connectivity index (χ2v) is 6.94. The van der Waals surface area contributed by atoms with Crippen LogP contribution in [0.5, 0.6) is 5.75 Å². The van der Waals surface area contributed by atoms with Gasteiger partial charge < -0.3 is 10.1 Å². The van der Waals surface area contributed by atoms with Crippen molar-refractivity contribution < 1.29 is 13.9 Å². The molecule has 0 aliphatic heterocycles. The smallest absolute Gasteiger partial charge is 0.269 e. The number of benzene rings is 1. The molecule has 0 saturated heterocycles. The summed E-state index contributed by atoms with van der Waals surface area (Å²) in [7, 11) is 1.70. The summed E-state index contributed by atoms with van der Waals surface area (Å²) in [6.45, 7) is 6.78. The van der Waals surface area contributed by atoms with Gasteiger partial charge in [-0.25, -0.2) is 4.39 Å². The van der Waals surface area contributed by atoms with Crippen LogP contribution in [-0.4, -0.2) is 22.3 Å². The number of carbonyl (C=O) groups is 1. The van der Waals surface area contributed by atoms with E-state index in [1.807, 2.05) is 6.92 Å². The fraction of sp³-hybridized carbons (Fsp3) is 0.500. The topological polar surface area (TPSA) is 56.1 Å². The first-order chi connectivity index (χ1) is 12.4. The molecule has 0 saturated carbocycles. The lowest BCUT2D eigenvalue weighted by molar-refractivity contribution is 0.0941. The molecule has 0 bridgehead atoms. The van der Waals surface area contributed by atoms with E-state index in [0.29, 0.717) is 23.8 Å². The number of nitrogens with one attached hydrogen (secondary N) is 1. The van der Waals surface area contributed by atoms with Crippen LogP contribution in [0.3, 0.4) is 0 Å². The number of aryl methyl sites for hydroxylation is 2. The van der Waals surface area contributed by atoms with E-state index in [4.69, 9.17) is 4.74 Å². The maximum absolute atomic E-state index is 14.6. The van der Waals surface area contributed by atoms with Crippen LogP contribution in [0.1, 0.15) is 54.9 Å². The van der Waals surface area contributed by atoms with Crippen LogP contribution in [0.2, 0.25) is 0 Å². The predicted octanol–water partition coefficient (Wildman–Crippen LogP) is 4.00. The third kappa shape index (κ3) is 5.58. The Bertz CT molecular complexity index is 741. The molecule has 6 heteroatoms. The highest BCUT2D eigenvalue weighted by molar-refractivity contribution is 5.92. The Hall–Kier alpha value is -2.37. The highest BCUT2D eigenvalue weighted by Crippen LogP contribution is 2.21. The predicted molar refractivity (Wildman–Crippen MR) is 99.7 cm³/mol. The van der Waals surface area contributed by atoms with Gasteiger partial charge in [-0.15, -0.1) is 0 Å². The van der Waals surface area contributed by atoms with Crippen LogP contribution in [0, 0.1) is 18.7 Å². The molecule has 0 unspecified atom stereocenters. The first-order valence-corrected chi connectivity index (χ1v) is 9.07. The number of carbonyl (C=O) groups excluding carboxylic acids is 1. The zero-order valence-electron chi connectivity index (χ0n) is 16.0. The molecule has 0 aliphatic carbocycles. The van der Waals surface area contributed by atoms with Crippen molar-refractivity contribution in [2.24, 2.45) is 13.0 Å². The van der Waals surface area contributed by atoms with Gasteiger partial charge >= 0.3 is 0 Å². The van der Waals surface area contributed by atoms with Crippen molar-refractivity contribution in [2.75, 3.05) is 6.61 Å². The van der Waals surface area contributed by atoms with Crippen molar-refractivity contribution in [1.82, 2.24) is 15.1 Å². The van der Waals surface area contributed by atoms with E-state index in [1.165, 1.54) is 4.68 Å². The molecule has 1 heterocycles. The zero-order valence-corrected chi connectivity index (χ0v) is 16.0. The number of amides is 1. The molecule has 5 nitrogen and oxygen atoms in total. The molecule has 1 aromatic carbocycles. The Morgan fingerprint density at radius 2 is 2.12 bits per heavy atom. The molecule has 2 aromatic rings. The van der Waals surface area contributed by atoms with E-state index >= 15 is 0 Å². The van der Waals surface area contributed by atoms with Crippen molar-refractivity contribution in [2.45, 2.75) is 46.6 Å². The lowest BCUT2D eigenvalue weighted by Crippen LogP contribution is -2.25. The summed E-state index contributed by atoms with van der Waals surface area (Å²) in [4.78, 5) is 12.2. The number of rotatable bonds is 9. The summed E-state index contributed by atoms with van der Waals surface area (Å²) in [6, 6.07) is 6.70. The molecule has 0 spiro atoms. The SMILES string of the molecule is Cc1cc(C(=O)NCc2cccc(OCCCCC(C)C)c2F)n(C)n1. The Balaban J connectivity index is 1.90. The van der Waals surface area contributed by atoms with Crippen LogP contribution in [0.25, 0.3) is 0 Å². The highest BCUT2D eigenvalue weighted by Gasteiger charge is 2.14. The summed E-state index contributed by atoms with van der Waals surface area (Å²) in [5.74, 6) is 0.199. The third-order valence-corrected chi connectivity index (χ3v) is 4.15. The molecule has 26 heavy (non-hydrogen) atoms. The van der Waals surface area contributed by atoms with Gasteiger partial charge in [0.1, 0.15) is 5.69 Å². The molecule has 2 rings (SSSR count). The van der Waals surface area contributed by atoms with Crippen molar-refractivity contribution in [3.8, 4) is 5.75 Å². The van der Waals surface area contributed by atoms with E-state index in [9.17, 15) is 9.18 Å². The number of hydrogen-bond acceptors (Lipinski definition) is 3. The summed E-state index contributed by atoms with van der Waals surface area (Å²) in [6.07, 6.45) is 3.11. The van der Waals surface area contributed by atoms with Crippen LogP contribution in [0.4, 0.5) is 4.39 Å². The van der Waals surface area contributed by atoms with Gasteiger partial charge in [0.25, 0.3) is 5.91 Å². The number of aromatic nitrogens is 2. The molecule has 1 amide bonds. The maximum atomic E-state index is 14.6. The van der Waals surface area contributed by atoms with Gasteiger partial charge in [-0.1, -0.05) is 32.4 Å².